The van der Waals surface area contributed by atoms with Gasteiger partial charge in [-0.15, -0.1) is 0 Å². The van der Waals surface area contributed by atoms with Crippen LogP contribution in [0.1, 0.15) is 20.8 Å². The van der Waals surface area contributed by atoms with E-state index in [9.17, 15) is 9.59 Å². The topological polar surface area (TPSA) is 55.8 Å². The van der Waals surface area contributed by atoms with Gasteiger partial charge >= 0.3 is 11.9 Å². The van der Waals surface area contributed by atoms with E-state index in [0.717, 1.165) is 27.9 Å². The van der Waals surface area contributed by atoms with Gasteiger partial charge in [-0.25, -0.2) is 9.59 Å². The van der Waals surface area contributed by atoms with Crippen LogP contribution in [0.5, 0.6) is 0 Å². The summed E-state index contributed by atoms with van der Waals surface area (Å²) in [6.45, 7) is 5.94. The maximum absolute atomic E-state index is 12.8. The van der Waals surface area contributed by atoms with Crippen molar-refractivity contribution in [3.63, 3.8) is 0 Å². The summed E-state index contributed by atoms with van der Waals surface area (Å²) in [6, 6.07) is 0. The Kier molecular flexibility index (Phi) is 6.62. The van der Waals surface area contributed by atoms with Gasteiger partial charge in [0.2, 0.25) is 0 Å². The second-order valence-electron chi connectivity index (χ2n) is 6.99. The molecular formula is C23H27NO4. The fraction of sp³-hybridized carbons (Fsp3) is 0.304. The van der Waals surface area contributed by atoms with Gasteiger partial charge in [0.1, 0.15) is 0 Å². The van der Waals surface area contributed by atoms with Gasteiger partial charge in [0.05, 0.1) is 25.4 Å². The second kappa shape index (κ2) is 8.74. The molecule has 0 fully saturated rings. The van der Waals surface area contributed by atoms with Gasteiger partial charge in [-0.3, -0.25) is 0 Å². The number of esters is 2. The smallest absolute Gasteiger partial charge is 0.339 e. The molecule has 0 radical (unpaired) electrons. The van der Waals surface area contributed by atoms with Crippen molar-refractivity contribution < 1.29 is 19.1 Å². The van der Waals surface area contributed by atoms with Gasteiger partial charge in [-0.2, -0.15) is 0 Å². The highest BCUT2D eigenvalue weighted by molar-refractivity contribution is 6.07. The molecule has 0 aromatic heterocycles. The maximum atomic E-state index is 12.8. The largest absolute Gasteiger partial charge is 0.465 e. The zero-order valence-electron chi connectivity index (χ0n) is 17.5. The Bertz CT molecular complexity index is 918. The van der Waals surface area contributed by atoms with Gasteiger partial charge in [-0.05, 0) is 61.4 Å². The van der Waals surface area contributed by atoms with Crippen molar-refractivity contribution >= 4 is 11.9 Å². The number of hydrogen-bond acceptors (Lipinski definition) is 5. The molecule has 148 valence electrons. The van der Waals surface area contributed by atoms with E-state index in [2.05, 4.69) is 6.08 Å². The monoisotopic (exact) mass is 381 g/mol. The van der Waals surface area contributed by atoms with Crippen molar-refractivity contribution in [2.75, 3.05) is 28.3 Å². The number of fused-ring (bicyclic) bond motifs is 1. The third kappa shape index (κ3) is 4.25. The van der Waals surface area contributed by atoms with Crippen LogP contribution in [0, 0.1) is 0 Å². The Labute approximate surface area is 166 Å². The van der Waals surface area contributed by atoms with E-state index >= 15 is 0 Å². The average Bonchev–Trinajstić information content (AvgIpc) is 2.87. The number of allylic oxidation sites excluding steroid dienone is 9. The molecule has 0 aromatic rings. The Hall–Kier alpha value is -3.08. The Morgan fingerprint density at radius 2 is 1.57 bits per heavy atom. The van der Waals surface area contributed by atoms with Gasteiger partial charge in [0, 0.05) is 19.7 Å². The van der Waals surface area contributed by atoms with Gasteiger partial charge in [-0.1, -0.05) is 23.8 Å². The highest BCUT2D eigenvalue weighted by atomic mass is 16.5. The molecule has 0 atom stereocenters. The molecule has 0 bridgehead atoms. The molecule has 0 N–H and O–H groups in total. The maximum Gasteiger partial charge on any atom is 0.339 e. The third-order valence-electron chi connectivity index (χ3n) is 4.51. The zero-order valence-corrected chi connectivity index (χ0v) is 17.5. The molecule has 0 saturated carbocycles. The highest BCUT2D eigenvalue weighted by Gasteiger charge is 2.31. The summed E-state index contributed by atoms with van der Waals surface area (Å²) in [5.74, 6) is -1.16. The van der Waals surface area contributed by atoms with Crippen LogP contribution < -0.4 is 0 Å². The minimum Gasteiger partial charge on any atom is -0.465 e. The Morgan fingerprint density at radius 1 is 0.929 bits per heavy atom. The number of carbonyl (C=O) groups is 2. The van der Waals surface area contributed by atoms with Crippen LogP contribution in [0.25, 0.3) is 0 Å². The first kappa shape index (κ1) is 21.2. The molecule has 2 aliphatic carbocycles. The first-order chi connectivity index (χ1) is 13.2. The average molecular weight is 381 g/mol. The van der Waals surface area contributed by atoms with Crippen LogP contribution in [0.3, 0.4) is 0 Å². The van der Waals surface area contributed by atoms with Crippen LogP contribution in [-0.4, -0.2) is 45.2 Å². The molecule has 28 heavy (non-hydrogen) atoms. The summed E-state index contributed by atoms with van der Waals surface area (Å²) in [6.07, 6.45) is 11.4. The van der Waals surface area contributed by atoms with Crippen molar-refractivity contribution in [1.82, 2.24) is 4.90 Å². The van der Waals surface area contributed by atoms with E-state index in [1.165, 1.54) is 14.2 Å². The van der Waals surface area contributed by atoms with Crippen molar-refractivity contribution in [2.24, 2.45) is 0 Å². The molecule has 5 heteroatoms. The van der Waals surface area contributed by atoms with Gasteiger partial charge < -0.3 is 14.4 Å². The summed E-state index contributed by atoms with van der Waals surface area (Å²) in [5, 5.41) is 0. The normalized spacial score (nSPS) is 17.1. The molecule has 0 heterocycles. The summed E-state index contributed by atoms with van der Waals surface area (Å²) in [5.41, 5.74) is 5.78. The van der Waals surface area contributed by atoms with E-state index in [-0.39, 0.29) is 11.1 Å². The molecule has 0 spiro atoms. The van der Waals surface area contributed by atoms with Crippen LogP contribution in [0.2, 0.25) is 0 Å². The van der Waals surface area contributed by atoms with Crippen molar-refractivity contribution in [2.45, 2.75) is 20.8 Å². The van der Waals surface area contributed by atoms with Gasteiger partial charge in [0.15, 0.2) is 0 Å². The highest BCUT2D eigenvalue weighted by Crippen LogP contribution is 2.39. The first-order valence-corrected chi connectivity index (χ1v) is 8.97. The lowest BCUT2D eigenvalue weighted by Gasteiger charge is -2.18. The lowest BCUT2D eigenvalue weighted by molar-refractivity contribution is -0.138. The van der Waals surface area contributed by atoms with E-state index in [1.807, 2.05) is 64.2 Å². The Balaban J connectivity index is 2.98. The minimum absolute atomic E-state index is 0.176. The summed E-state index contributed by atoms with van der Waals surface area (Å²) >= 11 is 0. The van der Waals surface area contributed by atoms with E-state index in [0.29, 0.717) is 5.57 Å². The van der Waals surface area contributed by atoms with Crippen LogP contribution in [0.15, 0.2) is 81.2 Å². The number of methoxy groups -OCH3 is 2. The number of rotatable bonds is 4. The van der Waals surface area contributed by atoms with Crippen molar-refractivity contribution in [3.8, 4) is 0 Å². The lowest BCUT2D eigenvalue weighted by Crippen LogP contribution is -2.17. The molecule has 0 unspecified atom stereocenters. The molecular weight excluding hydrogens is 354 g/mol. The lowest BCUT2D eigenvalue weighted by atomic mass is 9.86. The van der Waals surface area contributed by atoms with E-state index in [4.69, 9.17) is 9.47 Å². The molecule has 0 aromatic carbocycles. The van der Waals surface area contributed by atoms with Crippen LogP contribution in [-0.2, 0) is 19.1 Å². The molecule has 5 nitrogen and oxygen atoms in total. The Morgan fingerprint density at radius 3 is 2.14 bits per heavy atom. The van der Waals surface area contributed by atoms with E-state index < -0.39 is 11.9 Å². The SMILES string of the molecule is COC(=O)C1=C(C(=O)OC)C2=C(C)C=C(C)C=C(C)C2=C(/C=C/N(C)C)C=C1. The number of nitrogens with zero attached hydrogens (tertiary/aromatic N) is 1. The number of ether oxygens (including phenoxy) is 2. The summed E-state index contributed by atoms with van der Waals surface area (Å²) < 4.78 is 9.99. The van der Waals surface area contributed by atoms with Crippen molar-refractivity contribution in [1.29, 1.82) is 0 Å². The van der Waals surface area contributed by atoms with Crippen LogP contribution in [0.4, 0.5) is 0 Å². The van der Waals surface area contributed by atoms with Gasteiger partial charge in [0.25, 0.3) is 0 Å². The third-order valence-corrected chi connectivity index (χ3v) is 4.51. The molecule has 2 aliphatic rings. The minimum atomic E-state index is -0.583. The predicted molar refractivity (Wildman–Crippen MR) is 110 cm³/mol. The van der Waals surface area contributed by atoms with Crippen LogP contribution >= 0.6 is 0 Å². The molecule has 0 aliphatic heterocycles. The quantitative estimate of drug-likeness (QED) is 0.694. The molecule has 0 amide bonds. The predicted octanol–water partition coefficient (Wildman–Crippen LogP) is 3.79. The zero-order chi connectivity index (χ0) is 21.0. The number of carbonyl (C=O) groups excluding carboxylic acids is 2. The summed E-state index contributed by atoms with van der Waals surface area (Å²) in [4.78, 5) is 27.2. The number of hydrogen-bond donors (Lipinski definition) is 0. The second-order valence-corrected chi connectivity index (χ2v) is 6.99. The summed E-state index contributed by atoms with van der Waals surface area (Å²) in [7, 11) is 6.48. The van der Waals surface area contributed by atoms with E-state index in [1.54, 1.807) is 6.08 Å². The molecule has 0 saturated heterocycles. The van der Waals surface area contributed by atoms with Crippen molar-refractivity contribution in [3.05, 3.63) is 81.2 Å². The first-order valence-electron chi connectivity index (χ1n) is 8.97. The standard InChI is InChI=1S/C23H27NO4/c1-14-12-15(2)19-17(10-11-24(4)5)8-9-18(22(25)27-6)21(23(26)28-7)20(19)16(3)13-14/h8-13H,1-7H3/b11-10+. The fourth-order valence-corrected chi connectivity index (χ4v) is 3.39. The molecule has 2 rings (SSSR count). The fourth-order valence-electron chi connectivity index (χ4n) is 3.39.